The van der Waals surface area contributed by atoms with Crippen LogP contribution < -0.4 is 15.8 Å². The van der Waals surface area contributed by atoms with Crippen molar-refractivity contribution in [1.29, 1.82) is 5.41 Å². The second-order valence-electron chi connectivity index (χ2n) is 7.00. The van der Waals surface area contributed by atoms with Gasteiger partial charge in [0, 0.05) is 35.0 Å². The molecule has 3 aromatic rings. The number of fused-ring (bicyclic) bond motifs is 3. The van der Waals surface area contributed by atoms with Crippen molar-refractivity contribution >= 4 is 45.0 Å². The zero-order valence-electron chi connectivity index (χ0n) is 15.8. The van der Waals surface area contributed by atoms with Gasteiger partial charge in [-0.05, 0) is 36.8 Å². The number of nitrogens with zero attached hydrogens (tertiary/aromatic N) is 3. The number of nitrogens with two attached hydrogens (primary N) is 1. The molecule has 4 rings (SSSR count). The number of aryl methyl sites for hydroxylation is 1. The molecule has 2 heterocycles. The normalized spacial score (nSPS) is 16.1. The third-order valence-electron chi connectivity index (χ3n) is 5.18. The minimum absolute atomic E-state index is 0.0179. The number of nitrogens with one attached hydrogen (secondary N) is 2. The van der Waals surface area contributed by atoms with Crippen molar-refractivity contribution in [3.8, 4) is 5.75 Å². The van der Waals surface area contributed by atoms with Crippen molar-refractivity contribution in [2.75, 3.05) is 24.7 Å². The van der Waals surface area contributed by atoms with Crippen LogP contribution in [0.2, 0.25) is 0 Å². The molecule has 0 saturated carbocycles. The van der Waals surface area contributed by atoms with E-state index in [9.17, 15) is 5.21 Å². The Morgan fingerprint density at radius 2 is 2.31 bits per heavy atom. The second-order valence-corrected chi connectivity index (χ2v) is 8.08. The number of thiophene rings is 1. The number of rotatable bonds is 6. The standard InChI is InChI=1S/C19H21N6O3S/c1-28-15-6-13(21)11(7-20)5-14(15)24-18-17-12-3-2-10(8-25(26)27)4-16(12)29-19(17)23-9-22-18/h5-7,9-10,20,26H,2-4,8,21H2,1H3,(H,22,23,24)/q-1. The number of hydrogen-bond acceptors (Lipinski definition) is 10. The van der Waals surface area contributed by atoms with Gasteiger partial charge in [-0.25, -0.2) is 9.97 Å². The van der Waals surface area contributed by atoms with Gasteiger partial charge in [-0.2, -0.15) is 0 Å². The molecule has 152 valence electrons. The Kier molecular flexibility index (Phi) is 5.33. The molecule has 1 aliphatic carbocycles. The third kappa shape index (κ3) is 3.75. The molecule has 1 unspecified atom stereocenters. The Morgan fingerprint density at radius 3 is 3.03 bits per heavy atom. The highest BCUT2D eigenvalue weighted by molar-refractivity contribution is 7.19. The molecule has 0 saturated heterocycles. The summed E-state index contributed by atoms with van der Waals surface area (Å²) in [5, 5.41) is 31.9. The van der Waals surface area contributed by atoms with E-state index in [0.29, 0.717) is 28.5 Å². The zero-order chi connectivity index (χ0) is 20.5. The van der Waals surface area contributed by atoms with Gasteiger partial charge in [-0.15, -0.1) is 11.3 Å². The van der Waals surface area contributed by atoms with Gasteiger partial charge in [-0.3, -0.25) is 5.23 Å². The zero-order valence-corrected chi connectivity index (χ0v) is 16.6. The molecule has 1 aliphatic rings. The lowest BCUT2D eigenvalue weighted by atomic mass is 9.88. The van der Waals surface area contributed by atoms with E-state index in [4.69, 9.17) is 21.1 Å². The van der Waals surface area contributed by atoms with E-state index in [1.165, 1.54) is 23.0 Å². The Bertz CT molecular complexity index is 1070. The largest absolute Gasteiger partial charge is 0.762 e. The van der Waals surface area contributed by atoms with Crippen LogP contribution >= 0.6 is 11.3 Å². The summed E-state index contributed by atoms with van der Waals surface area (Å²) in [4.78, 5) is 10.9. The summed E-state index contributed by atoms with van der Waals surface area (Å²) in [5.41, 5.74) is 8.85. The lowest BCUT2D eigenvalue weighted by molar-refractivity contribution is -0.0536. The average molecular weight is 413 g/mol. The van der Waals surface area contributed by atoms with E-state index >= 15 is 0 Å². The number of aromatic nitrogens is 2. The summed E-state index contributed by atoms with van der Waals surface area (Å²) in [5.74, 6) is 1.34. The molecule has 29 heavy (non-hydrogen) atoms. The van der Waals surface area contributed by atoms with Crippen LogP contribution in [0.1, 0.15) is 22.4 Å². The van der Waals surface area contributed by atoms with E-state index in [1.54, 1.807) is 30.6 Å². The predicted octanol–water partition coefficient (Wildman–Crippen LogP) is 3.32. The predicted molar refractivity (Wildman–Crippen MR) is 113 cm³/mol. The van der Waals surface area contributed by atoms with Crippen LogP contribution in [0.25, 0.3) is 10.2 Å². The highest BCUT2D eigenvalue weighted by Crippen LogP contribution is 2.41. The topological polar surface area (TPSA) is 143 Å². The van der Waals surface area contributed by atoms with Crippen molar-refractivity contribution in [3.05, 3.63) is 39.7 Å². The van der Waals surface area contributed by atoms with E-state index in [1.807, 2.05) is 0 Å². The monoisotopic (exact) mass is 413 g/mol. The average Bonchev–Trinajstić information content (AvgIpc) is 3.07. The Hall–Kier alpha value is -2.79. The van der Waals surface area contributed by atoms with Gasteiger partial charge in [0.1, 0.15) is 22.7 Å². The van der Waals surface area contributed by atoms with Gasteiger partial charge >= 0.3 is 0 Å². The fourth-order valence-electron chi connectivity index (χ4n) is 3.78. The van der Waals surface area contributed by atoms with Gasteiger partial charge in [-0.1, -0.05) is 0 Å². The van der Waals surface area contributed by atoms with Crippen molar-refractivity contribution in [2.24, 2.45) is 5.92 Å². The van der Waals surface area contributed by atoms with E-state index in [-0.39, 0.29) is 17.7 Å². The van der Waals surface area contributed by atoms with Gasteiger partial charge in [0.15, 0.2) is 0 Å². The molecule has 1 aromatic carbocycles. The number of hydroxylamine groups is 2. The summed E-state index contributed by atoms with van der Waals surface area (Å²) in [6.45, 7) is 0.111. The maximum atomic E-state index is 11.0. The summed E-state index contributed by atoms with van der Waals surface area (Å²) < 4.78 is 5.44. The first kappa shape index (κ1) is 19.5. The molecule has 0 bridgehead atoms. The summed E-state index contributed by atoms with van der Waals surface area (Å²) in [7, 11) is 1.56. The summed E-state index contributed by atoms with van der Waals surface area (Å²) in [6.07, 6.45) is 5.05. The first-order chi connectivity index (χ1) is 14.0. The van der Waals surface area contributed by atoms with E-state index < -0.39 is 0 Å². The Balaban J connectivity index is 1.73. The highest BCUT2D eigenvalue weighted by Gasteiger charge is 2.25. The molecule has 5 N–H and O–H groups in total. The van der Waals surface area contributed by atoms with Crippen LogP contribution in [0.4, 0.5) is 17.2 Å². The maximum absolute atomic E-state index is 11.0. The van der Waals surface area contributed by atoms with Crippen LogP contribution in [-0.4, -0.2) is 40.3 Å². The number of benzene rings is 1. The molecule has 0 aliphatic heterocycles. The molecular weight excluding hydrogens is 392 g/mol. The van der Waals surface area contributed by atoms with Crippen LogP contribution in [-0.2, 0) is 12.8 Å². The second kappa shape index (κ2) is 7.91. The minimum atomic E-state index is 0.0179. The first-order valence-electron chi connectivity index (χ1n) is 9.14. The SMILES string of the molecule is COc1cc(N)c(C=N)cc1Nc1ncnc2sc3c(c12)CCC(CN([O-])O)C3. The fourth-order valence-corrected chi connectivity index (χ4v) is 5.08. The van der Waals surface area contributed by atoms with Crippen LogP contribution in [0, 0.1) is 16.5 Å². The number of nitrogen functional groups attached to an aromatic ring is 1. The van der Waals surface area contributed by atoms with Crippen LogP contribution in [0.15, 0.2) is 18.5 Å². The van der Waals surface area contributed by atoms with E-state index in [0.717, 1.165) is 29.5 Å². The smallest absolute Gasteiger partial charge is 0.144 e. The summed E-state index contributed by atoms with van der Waals surface area (Å²) >= 11 is 1.59. The van der Waals surface area contributed by atoms with Crippen molar-refractivity contribution < 1.29 is 9.94 Å². The molecule has 9 nitrogen and oxygen atoms in total. The lowest BCUT2D eigenvalue weighted by Gasteiger charge is -2.28. The minimum Gasteiger partial charge on any atom is -0.762 e. The van der Waals surface area contributed by atoms with Gasteiger partial charge in [0.05, 0.1) is 18.2 Å². The van der Waals surface area contributed by atoms with Gasteiger partial charge in [0.2, 0.25) is 0 Å². The van der Waals surface area contributed by atoms with Crippen LogP contribution in [0.3, 0.4) is 0 Å². The maximum Gasteiger partial charge on any atom is 0.144 e. The third-order valence-corrected chi connectivity index (χ3v) is 6.34. The van der Waals surface area contributed by atoms with Gasteiger partial charge in [0.25, 0.3) is 0 Å². The molecule has 0 radical (unpaired) electrons. The van der Waals surface area contributed by atoms with Crippen LogP contribution in [0.5, 0.6) is 5.75 Å². The Labute approximate surface area is 171 Å². The van der Waals surface area contributed by atoms with Gasteiger partial charge < -0.3 is 31.6 Å². The Morgan fingerprint density at radius 1 is 1.48 bits per heavy atom. The number of ether oxygens (including phenoxy) is 1. The van der Waals surface area contributed by atoms with Crippen molar-refractivity contribution in [3.63, 3.8) is 0 Å². The molecule has 1 atom stereocenters. The summed E-state index contributed by atoms with van der Waals surface area (Å²) in [6, 6.07) is 3.44. The number of anilines is 3. The fraction of sp³-hybridized carbons (Fsp3) is 0.316. The number of methoxy groups -OCH3 is 1. The highest BCUT2D eigenvalue weighted by atomic mass is 32.1. The lowest BCUT2D eigenvalue weighted by Crippen LogP contribution is -2.25. The molecule has 0 fully saturated rings. The molecule has 0 spiro atoms. The molecule has 0 amide bonds. The van der Waals surface area contributed by atoms with E-state index in [2.05, 4.69) is 15.3 Å². The first-order valence-corrected chi connectivity index (χ1v) is 9.95. The quantitative estimate of drug-likeness (QED) is 0.274. The van der Waals surface area contributed by atoms with Crippen molar-refractivity contribution in [1.82, 2.24) is 15.2 Å². The molecule has 10 heteroatoms. The number of hydrogen-bond donors (Lipinski definition) is 4. The molecule has 2 aromatic heterocycles. The van der Waals surface area contributed by atoms with Crippen molar-refractivity contribution in [2.45, 2.75) is 19.3 Å². The molecular formula is C19H21N6O3S-.